The molecule has 2 aliphatic rings. The van der Waals surface area contributed by atoms with Crippen LogP contribution in [0.25, 0.3) is 11.1 Å². The van der Waals surface area contributed by atoms with Crippen LogP contribution in [-0.2, 0) is 0 Å². The summed E-state index contributed by atoms with van der Waals surface area (Å²) in [5, 5.41) is 8.16. The van der Waals surface area contributed by atoms with Crippen molar-refractivity contribution in [2.45, 2.75) is 63.8 Å². The molecule has 0 radical (unpaired) electrons. The van der Waals surface area contributed by atoms with E-state index in [1.807, 2.05) is 6.07 Å². The van der Waals surface area contributed by atoms with E-state index in [1.54, 1.807) is 0 Å². The Labute approximate surface area is 159 Å². The number of halogens is 1. The summed E-state index contributed by atoms with van der Waals surface area (Å²) in [6, 6.07) is 2.11. The van der Waals surface area contributed by atoms with Crippen molar-refractivity contribution in [2.75, 3.05) is 6.54 Å². The number of nitrogens with one attached hydrogen (secondary N) is 1. The second-order valence-corrected chi connectivity index (χ2v) is 7.78. The Morgan fingerprint density at radius 1 is 1.35 bits per heavy atom. The number of carbonyl (C=O) groups excluding carboxylic acids is 1. The molecule has 0 saturated heterocycles. The van der Waals surface area contributed by atoms with Crippen LogP contribution in [0.5, 0.6) is 0 Å². The first-order valence-corrected chi connectivity index (χ1v) is 9.39. The monoisotopic (exact) mass is 378 g/mol. The van der Waals surface area contributed by atoms with E-state index in [0.29, 0.717) is 29.7 Å². The lowest BCUT2D eigenvalue weighted by molar-refractivity contribution is 0.0930. The molecule has 2 atom stereocenters. The first kappa shape index (κ1) is 19.1. The number of hydrogen-bond acceptors (Lipinski definition) is 5. The highest BCUT2D eigenvalue weighted by atomic mass is 35.5. The highest BCUT2D eigenvalue weighted by molar-refractivity contribution is 6.06. The number of pyridine rings is 1. The number of carbonyl (C=O) groups is 1. The van der Waals surface area contributed by atoms with Gasteiger partial charge in [-0.05, 0) is 50.1 Å². The third-order valence-electron chi connectivity index (χ3n) is 5.56. The summed E-state index contributed by atoms with van der Waals surface area (Å²) < 4.78 is 5.47. The van der Waals surface area contributed by atoms with Gasteiger partial charge in [0.25, 0.3) is 11.6 Å². The van der Waals surface area contributed by atoms with Crippen LogP contribution in [0.2, 0.25) is 0 Å². The highest BCUT2D eigenvalue weighted by Gasteiger charge is 2.32. The van der Waals surface area contributed by atoms with Gasteiger partial charge in [-0.2, -0.15) is 0 Å². The Kier molecular flexibility index (Phi) is 5.53. The summed E-state index contributed by atoms with van der Waals surface area (Å²) in [6.45, 7) is 4.72. The molecule has 2 fully saturated rings. The SMILES string of the molecule is CC(C)c1noc2nc(C3CC3)cc(C(=O)NC3CCCC3CN)c12.Cl. The van der Waals surface area contributed by atoms with Gasteiger partial charge in [-0.1, -0.05) is 25.4 Å². The zero-order valence-corrected chi connectivity index (χ0v) is 16.1. The van der Waals surface area contributed by atoms with Crippen LogP contribution >= 0.6 is 12.4 Å². The zero-order chi connectivity index (χ0) is 17.6. The number of hydrogen-bond donors (Lipinski definition) is 2. The molecule has 1 amide bonds. The molecule has 2 saturated carbocycles. The molecule has 2 heterocycles. The van der Waals surface area contributed by atoms with E-state index in [-0.39, 0.29) is 30.3 Å². The van der Waals surface area contributed by atoms with Crippen LogP contribution in [0, 0.1) is 5.92 Å². The van der Waals surface area contributed by atoms with Gasteiger partial charge in [0.15, 0.2) is 0 Å². The van der Waals surface area contributed by atoms with Gasteiger partial charge in [-0.15, -0.1) is 12.4 Å². The molecular weight excluding hydrogens is 352 g/mol. The predicted molar refractivity (Wildman–Crippen MR) is 103 cm³/mol. The summed E-state index contributed by atoms with van der Waals surface area (Å²) in [6.07, 6.45) is 5.46. The van der Waals surface area contributed by atoms with E-state index in [1.165, 1.54) is 0 Å². The van der Waals surface area contributed by atoms with Gasteiger partial charge in [0.05, 0.1) is 16.6 Å². The van der Waals surface area contributed by atoms with Crippen molar-refractivity contribution in [2.24, 2.45) is 11.7 Å². The molecule has 0 aliphatic heterocycles. The second-order valence-electron chi connectivity index (χ2n) is 7.78. The second kappa shape index (κ2) is 7.53. The summed E-state index contributed by atoms with van der Waals surface area (Å²) >= 11 is 0. The molecule has 2 aromatic rings. The predicted octanol–water partition coefficient (Wildman–Crippen LogP) is 3.50. The molecule has 3 N–H and O–H groups in total. The maximum absolute atomic E-state index is 13.1. The Balaban J connectivity index is 0.00000196. The van der Waals surface area contributed by atoms with Crippen LogP contribution in [0.3, 0.4) is 0 Å². The smallest absolute Gasteiger partial charge is 0.259 e. The molecule has 6 nitrogen and oxygen atoms in total. The largest absolute Gasteiger partial charge is 0.349 e. The number of aromatic nitrogens is 2. The van der Waals surface area contributed by atoms with Crippen molar-refractivity contribution >= 4 is 29.4 Å². The standard InChI is InChI=1S/C19H26N4O2.ClH/c1-10(2)17-16-13(18(24)21-14-5-3-4-12(14)9-20)8-15(11-6-7-11)22-19(16)25-23-17;/h8,10-12,14H,3-7,9,20H2,1-2H3,(H,21,24);1H. The number of nitrogens with two attached hydrogens (primary N) is 1. The maximum atomic E-state index is 13.1. The molecule has 7 heteroatoms. The van der Waals surface area contributed by atoms with Crippen molar-refractivity contribution in [1.29, 1.82) is 0 Å². The van der Waals surface area contributed by atoms with Crippen molar-refractivity contribution in [3.63, 3.8) is 0 Å². The van der Waals surface area contributed by atoms with Gasteiger partial charge in [0.1, 0.15) is 0 Å². The molecule has 0 aromatic carbocycles. The minimum atomic E-state index is -0.0512. The summed E-state index contributed by atoms with van der Waals surface area (Å²) in [5.74, 6) is 0.942. The molecule has 26 heavy (non-hydrogen) atoms. The van der Waals surface area contributed by atoms with E-state index in [2.05, 4.69) is 29.3 Å². The van der Waals surface area contributed by atoms with Crippen molar-refractivity contribution in [3.05, 3.63) is 23.0 Å². The van der Waals surface area contributed by atoms with Gasteiger partial charge in [0.2, 0.25) is 0 Å². The number of amides is 1. The molecule has 0 spiro atoms. The Bertz CT molecular complexity index is 800. The quantitative estimate of drug-likeness (QED) is 0.830. The third kappa shape index (κ3) is 3.45. The fourth-order valence-corrected chi connectivity index (χ4v) is 3.91. The van der Waals surface area contributed by atoms with Crippen LogP contribution in [0.4, 0.5) is 0 Å². The summed E-state index contributed by atoms with van der Waals surface area (Å²) in [7, 11) is 0. The molecule has 2 aliphatic carbocycles. The van der Waals surface area contributed by atoms with Gasteiger partial charge in [-0.25, -0.2) is 4.98 Å². The summed E-state index contributed by atoms with van der Waals surface area (Å²) in [4.78, 5) is 17.7. The van der Waals surface area contributed by atoms with E-state index < -0.39 is 0 Å². The minimum absolute atomic E-state index is 0. The van der Waals surface area contributed by atoms with Crippen LogP contribution in [-0.4, -0.2) is 28.6 Å². The molecule has 142 valence electrons. The van der Waals surface area contributed by atoms with Crippen molar-refractivity contribution in [3.8, 4) is 0 Å². The Morgan fingerprint density at radius 2 is 2.12 bits per heavy atom. The zero-order valence-electron chi connectivity index (χ0n) is 15.3. The minimum Gasteiger partial charge on any atom is -0.349 e. The van der Waals surface area contributed by atoms with Gasteiger partial charge < -0.3 is 15.6 Å². The van der Waals surface area contributed by atoms with Crippen LogP contribution < -0.4 is 11.1 Å². The lowest BCUT2D eigenvalue weighted by Crippen LogP contribution is -2.40. The molecule has 4 rings (SSSR count). The molecule has 0 bridgehead atoms. The van der Waals surface area contributed by atoms with E-state index in [9.17, 15) is 4.79 Å². The average molecular weight is 379 g/mol. The molecule has 2 unspecified atom stereocenters. The fourth-order valence-electron chi connectivity index (χ4n) is 3.91. The first-order valence-electron chi connectivity index (χ1n) is 9.39. The topological polar surface area (TPSA) is 94.0 Å². The van der Waals surface area contributed by atoms with Gasteiger partial charge >= 0.3 is 0 Å². The highest BCUT2D eigenvalue weighted by Crippen LogP contribution is 2.41. The molecule has 2 aromatic heterocycles. The average Bonchev–Trinajstić information content (AvgIpc) is 3.20. The number of fused-ring (bicyclic) bond motifs is 1. The lowest BCUT2D eigenvalue weighted by Gasteiger charge is -2.20. The van der Waals surface area contributed by atoms with E-state index in [0.717, 1.165) is 48.9 Å². The van der Waals surface area contributed by atoms with E-state index >= 15 is 0 Å². The fraction of sp³-hybridized carbons (Fsp3) is 0.632. The van der Waals surface area contributed by atoms with Crippen molar-refractivity contribution in [1.82, 2.24) is 15.5 Å². The lowest BCUT2D eigenvalue weighted by atomic mass is 10.00. The van der Waals surface area contributed by atoms with Gasteiger partial charge in [-0.3, -0.25) is 4.79 Å². The Morgan fingerprint density at radius 3 is 2.77 bits per heavy atom. The number of rotatable bonds is 5. The molecular formula is C19H27ClN4O2. The summed E-state index contributed by atoms with van der Waals surface area (Å²) in [5.41, 5.74) is 8.75. The van der Waals surface area contributed by atoms with E-state index in [4.69, 9.17) is 10.3 Å². The first-order chi connectivity index (χ1) is 12.1. The Hall–Kier alpha value is -1.66. The van der Waals surface area contributed by atoms with Gasteiger partial charge in [0, 0.05) is 17.7 Å². The number of nitrogens with zero attached hydrogens (tertiary/aromatic N) is 2. The maximum Gasteiger partial charge on any atom is 0.259 e. The van der Waals surface area contributed by atoms with Crippen molar-refractivity contribution < 1.29 is 9.32 Å². The third-order valence-corrected chi connectivity index (χ3v) is 5.56. The van der Waals surface area contributed by atoms with Crippen LogP contribution in [0.1, 0.15) is 79.5 Å². The normalized spacial score (nSPS) is 22.6. The van der Waals surface area contributed by atoms with Crippen LogP contribution in [0.15, 0.2) is 10.6 Å².